The molecule has 2 heteroatoms. The summed E-state index contributed by atoms with van der Waals surface area (Å²) in [5.74, 6) is 3.26. The molecule has 2 nitrogen and oxygen atoms in total. The Morgan fingerprint density at radius 2 is 1.05 bits per heavy atom. The molecule has 0 atom stereocenters. The predicted molar refractivity (Wildman–Crippen MR) is 170 cm³/mol. The van der Waals surface area contributed by atoms with Crippen LogP contribution in [0.15, 0.2) is 12.7 Å². The van der Waals surface area contributed by atoms with Gasteiger partial charge in [0.15, 0.2) is 0 Å². The highest BCUT2D eigenvalue weighted by atomic mass is 16.2. The van der Waals surface area contributed by atoms with Crippen molar-refractivity contribution in [3.05, 3.63) is 12.7 Å². The maximum atomic E-state index is 13.7. The molecule has 0 spiro atoms. The van der Waals surface area contributed by atoms with Crippen molar-refractivity contribution in [1.82, 2.24) is 4.90 Å². The summed E-state index contributed by atoms with van der Waals surface area (Å²) in [6.07, 6.45) is 39.5. The Morgan fingerprint density at radius 3 is 1.51 bits per heavy atom. The van der Waals surface area contributed by atoms with Gasteiger partial charge in [-0.2, -0.15) is 0 Å². The molecule has 226 valence electrons. The Morgan fingerprint density at radius 1 is 0.641 bits per heavy atom. The van der Waals surface area contributed by atoms with E-state index >= 15 is 0 Å². The Kier molecular flexibility index (Phi) is 16.2. The van der Waals surface area contributed by atoms with E-state index in [2.05, 4.69) is 18.4 Å². The first-order chi connectivity index (χ1) is 19.2. The second-order valence-corrected chi connectivity index (χ2v) is 14.2. The lowest BCUT2D eigenvalue weighted by Gasteiger charge is -2.60. The summed E-state index contributed by atoms with van der Waals surface area (Å²) in [5, 5.41) is 0. The first kappa shape index (κ1) is 32.7. The average Bonchev–Trinajstić information content (AvgIpc) is 2.91. The van der Waals surface area contributed by atoms with Crippen molar-refractivity contribution in [3.8, 4) is 0 Å². The number of allylic oxidation sites excluding steroid dienone is 1. The third kappa shape index (κ3) is 11.9. The van der Waals surface area contributed by atoms with Gasteiger partial charge in [-0.3, -0.25) is 4.79 Å². The van der Waals surface area contributed by atoms with Crippen LogP contribution in [0.2, 0.25) is 0 Å². The van der Waals surface area contributed by atoms with E-state index in [0.717, 1.165) is 43.6 Å². The van der Waals surface area contributed by atoms with Crippen LogP contribution in [0.25, 0.3) is 0 Å². The SMILES string of the molecule is C=CCCCCCCCCC(=O)N(CCCCCCCCCCCCCCCC)C12CC3CC(CC(C3)C1)C2. The molecule has 4 aliphatic carbocycles. The van der Waals surface area contributed by atoms with Gasteiger partial charge in [-0.25, -0.2) is 0 Å². The number of hydrogen-bond acceptors (Lipinski definition) is 1. The van der Waals surface area contributed by atoms with Crippen molar-refractivity contribution in [2.24, 2.45) is 17.8 Å². The van der Waals surface area contributed by atoms with Crippen molar-refractivity contribution >= 4 is 5.91 Å². The minimum absolute atomic E-state index is 0.243. The summed E-state index contributed by atoms with van der Waals surface area (Å²) < 4.78 is 0. The van der Waals surface area contributed by atoms with Gasteiger partial charge in [0.05, 0.1) is 0 Å². The summed E-state index contributed by atoms with van der Waals surface area (Å²) in [6.45, 7) is 7.18. The van der Waals surface area contributed by atoms with Crippen LogP contribution < -0.4 is 0 Å². The van der Waals surface area contributed by atoms with E-state index in [1.807, 2.05) is 6.08 Å². The zero-order valence-electron chi connectivity index (χ0n) is 26.4. The normalized spacial score (nSPS) is 25.3. The largest absolute Gasteiger partial charge is 0.337 e. The molecule has 4 rings (SSSR count). The summed E-state index contributed by atoms with van der Waals surface area (Å²) in [5.41, 5.74) is 0.243. The molecular weight excluding hydrogens is 474 g/mol. The fourth-order valence-electron chi connectivity index (χ4n) is 8.89. The molecule has 4 bridgehead atoms. The summed E-state index contributed by atoms with van der Waals surface area (Å²) in [6, 6.07) is 0. The number of nitrogens with zero attached hydrogens (tertiary/aromatic N) is 1. The maximum absolute atomic E-state index is 13.7. The third-order valence-corrected chi connectivity index (χ3v) is 10.7. The number of hydrogen-bond donors (Lipinski definition) is 0. The molecule has 0 unspecified atom stereocenters. The van der Waals surface area contributed by atoms with Crippen LogP contribution in [-0.4, -0.2) is 22.9 Å². The lowest BCUT2D eigenvalue weighted by atomic mass is 9.52. The number of rotatable bonds is 25. The van der Waals surface area contributed by atoms with Gasteiger partial charge in [0.25, 0.3) is 0 Å². The van der Waals surface area contributed by atoms with E-state index in [0.29, 0.717) is 5.91 Å². The summed E-state index contributed by atoms with van der Waals surface area (Å²) in [4.78, 5) is 16.2. The second-order valence-electron chi connectivity index (χ2n) is 14.2. The van der Waals surface area contributed by atoms with Gasteiger partial charge in [-0.05, 0) is 82.0 Å². The average molecular weight is 542 g/mol. The lowest BCUT2D eigenvalue weighted by molar-refractivity contribution is -0.151. The Balaban J connectivity index is 1.31. The van der Waals surface area contributed by atoms with Crippen molar-refractivity contribution in [3.63, 3.8) is 0 Å². The monoisotopic (exact) mass is 542 g/mol. The van der Waals surface area contributed by atoms with E-state index in [1.54, 1.807) is 0 Å². The van der Waals surface area contributed by atoms with Gasteiger partial charge in [0.1, 0.15) is 0 Å². The maximum Gasteiger partial charge on any atom is 0.223 e. The number of carbonyl (C=O) groups excluding carboxylic acids is 1. The fraction of sp³-hybridized carbons (Fsp3) is 0.919. The van der Waals surface area contributed by atoms with Crippen LogP contribution in [0.3, 0.4) is 0 Å². The molecule has 0 aromatic rings. The highest BCUT2D eigenvalue weighted by molar-refractivity contribution is 5.77. The van der Waals surface area contributed by atoms with Crippen LogP contribution >= 0.6 is 0 Å². The molecule has 0 aromatic heterocycles. The van der Waals surface area contributed by atoms with Gasteiger partial charge in [-0.15, -0.1) is 6.58 Å². The molecule has 0 heterocycles. The molecule has 4 fully saturated rings. The van der Waals surface area contributed by atoms with Crippen LogP contribution in [-0.2, 0) is 4.79 Å². The molecule has 4 saturated carbocycles. The Hall–Kier alpha value is -0.790. The van der Waals surface area contributed by atoms with E-state index in [4.69, 9.17) is 0 Å². The highest BCUT2D eigenvalue weighted by Gasteiger charge is 2.54. The summed E-state index contributed by atoms with van der Waals surface area (Å²) in [7, 11) is 0. The van der Waals surface area contributed by atoms with Crippen LogP contribution in [0.4, 0.5) is 0 Å². The van der Waals surface area contributed by atoms with Crippen LogP contribution in [0, 0.1) is 17.8 Å². The molecular formula is C37H67NO. The number of amides is 1. The smallest absolute Gasteiger partial charge is 0.223 e. The first-order valence-electron chi connectivity index (χ1n) is 18.1. The standard InChI is InChI=1S/C37H67NO/c1-3-5-7-9-11-13-14-15-16-17-18-20-22-24-26-38(36(39)25-23-21-19-12-10-8-6-4-2)37-30-33-27-34(31-37)29-35(28-33)32-37/h4,33-35H,2-3,5-32H2,1H3. The molecule has 0 aliphatic heterocycles. The van der Waals surface area contributed by atoms with Crippen molar-refractivity contribution in [1.29, 1.82) is 0 Å². The zero-order chi connectivity index (χ0) is 27.6. The minimum Gasteiger partial charge on any atom is -0.337 e. The van der Waals surface area contributed by atoms with Crippen LogP contribution in [0.1, 0.15) is 187 Å². The van der Waals surface area contributed by atoms with Crippen molar-refractivity contribution in [2.45, 2.75) is 192 Å². The van der Waals surface area contributed by atoms with E-state index in [1.165, 1.54) is 161 Å². The topological polar surface area (TPSA) is 20.3 Å². The van der Waals surface area contributed by atoms with Gasteiger partial charge in [0, 0.05) is 18.5 Å². The highest BCUT2D eigenvalue weighted by Crippen LogP contribution is 2.58. The zero-order valence-corrected chi connectivity index (χ0v) is 26.4. The quantitative estimate of drug-likeness (QED) is 0.0831. The Bertz CT molecular complexity index is 619. The third-order valence-electron chi connectivity index (χ3n) is 10.7. The van der Waals surface area contributed by atoms with Gasteiger partial charge < -0.3 is 4.90 Å². The lowest BCUT2D eigenvalue weighted by Crippen LogP contribution is -2.61. The first-order valence-corrected chi connectivity index (χ1v) is 18.1. The second kappa shape index (κ2) is 19.4. The van der Waals surface area contributed by atoms with Gasteiger partial charge in [-0.1, -0.05) is 122 Å². The van der Waals surface area contributed by atoms with Crippen LogP contribution in [0.5, 0.6) is 0 Å². The van der Waals surface area contributed by atoms with E-state index in [-0.39, 0.29) is 5.54 Å². The van der Waals surface area contributed by atoms with E-state index < -0.39 is 0 Å². The van der Waals surface area contributed by atoms with E-state index in [9.17, 15) is 4.79 Å². The molecule has 0 aromatic carbocycles. The number of carbonyl (C=O) groups is 1. The molecule has 39 heavy (non-hydrogen) atoms. The summed E-state index contributed by atoms with van der Waals surface area (Å²) >= 11 is 0. The fourth-order valence-corrected chi connectivity index (χ4v) is 8.89. The molecule has 1 amide bonds. The number of unbranched alkanes of at least 4 members (excludes halogenated alkanes) is 19. The molecule has 0 saturated heterocycles. The molecule has 0 N–H and O–H groups in total. The van der Waals surface area contributed by atoms with Crippen molar-refractivity contribution in [2.75, 3.05) is 6.54 Å². The predicted octanol–water partition coefficient (Wildman–Crippen LogP) is 11.6. The van der Waals surface area contributed by atoms with Gasteiger partial charge >= 0.3 is 0 Å². The van der Waals surface area contributed by atoms with Crippen molar-refractivity contribution < 1.29 is 4.79 Å². The molecule has 4 aliphatic rings. The van der Waals surface area contributed by atoms with Gasteiger partial charge in [0.2, 0.25) is 5.91 Å². The minimum atomic E-state index is 0.243. The Labute approximate surface area is 244 Å². The molecule has 0 radical (unpaired) electrons.